The van der Waals surface area contributed by atoms with Gasteiger partial charge < -0.3 is 34.6 Å². The van der Waals surface area contributed by atoms with Gasteiger partial charge in [-0.3, -0.25) is 52.9 Å². The topological polar surface area (TPSA) is 254 Å². The predicted octanol–water partition coefficient (Wildman–Crippen LogP) is 7.95. The molecule has 5 rings (SSSR count). The van der Waals surface area contributed by atoms with E-state index in [1.807, 2.05) is 76.5 Å². The number of rotatable bonds is 31. The second-order valence-corrected chi connectivity index (χ2v) is 23.3. The number of esters is 1. The number of ether oxygens (including phenoxy) is 3. The lowest BCUT2D eigenvalue weighted by atomic mass is 9.83. The zero-order valence-electron chi connectivity index (χ0n) is 54.1. The van der Waals surface area contributed by atoms with Crippen molar-refractivity contribution in [2.45, 2.75) is 216 Å². The molecule has 3 aliphatic heterocycles. The van der Waals surface area contributed by atoms with Crippen LogP contribution in [-0.4, -0.2) is 170 Å². The normalized spacial score (nSPS) is 19.8. The van der Waals surface area contributed by atoms with E-state index >= 15 is 0 Å². The van der Waals surface area contributed by atoms with Crippen molar-refractivity contribution in [3.05, 3.63) is 35.9 Å². The monoisotopic (exact) mass is 1200 g/mol. The highest BCUT2D eigenvalue weighted by Crippen LogP contribution is 2.48. The number of imide groups is 1. The van der Waals surface area contributed by atoms with Crippen LogP contribution in [0.5, 0.6) is 0 Å². The molecule has 482 valence electrons. The van der Waals surface area contributed by atoms with Crippen molar-refractivity contribution in [2.75, 3.05) is 60.7 Å². The quantitative estimate of drug-likeness (QED) is 0.0406. The van der Waals surface area contributed by atoms with E-state index in [9.17, 15) is 47.9 Å². The molecule has 4 fully saturated rings. The van der Waals surface area contributed by atoms with Gasteiger partial charge in [-0.2, -0.15) is 0 Å². The van der Waals surface area contributed by atoms with Crippen LogP contribution in [0.25, 0.3) is 0 Å². The highest BCUT2D eigenvalue weighted by atomic mass is 16.7. The van der Waals surface area contributed by atoms with Gasteiger partial charge in [0.05, 0.1) is 49.9 Å². The number of benzene rings is 1. The Morgan fingerprint density at radius 3 is 1.96 bits per heavy atom. The summed E-state index contributed by atoms with van der Waals surface area (Å²) in [6, 6.07) is 9.26. The van der Waals surface area contributed by atoms with Gasteiger partial charge in [0.15, 0.2) is 5.78 Å². The van der Waals surface area contributed by atoms with E-state index in [-0.39, 0.29) is 129 Å². The fraction of sp³-hybridized carbons (Fsp3) is 0.750. The second-order valence-electron chi connectivity index (χ2n) is 23.3. The summed E-state index contributed by atoms with van der Waals surface area (Å²) in [5, 5.41) is 7.48. The number of carbonyl (C=O) groups excluding carboxylic acids is 10. The summed E-state index contributed by atoms with van der Waals surface area (Å²) in [7, 11) is 5.15. The molecule has 1 aliphatic carbocycles. The molecule has 1 saturated carbocycles. The zero-order chi connectivity index (χ0) is 63.9. The molecule has 0 radical (unpaired) electrons. The molecular weight excluding hydrogens is 1090 g/mol. The number of hydroxylamine groups is 4. The molecule has 85 heavy (non-hydrogen) atoms. The summed E-state index contributed by atoms with van der Waals surface area (Å²) in [6.45, 7) is 25.9. The summed E-state index contributed by atoms with van der Waals surface area (Å²) in [4.78, 5) is 134. The highest BCUT2D eigenvalue weighted by molar-refractivity contribution is 6.01. The van der Waals surface area contributed by atoms with E-state index in [1.165, 1.54) is 12.5 Å². The maximum Gasteiger partial charge on any atom is 0.333 e. The Morgan fingerprint density at radius 1 is 0.776 bits per heavy atom. The lowest BCUT2D eigenvalue weighted by Crippen LogP contribution is -2.54. The van der Waals surface area contributed by atoms with Gasteiger partial charge in [-0.1, -0.05) is 112 Å². The number of carbonyl (C=O) groups is 10. The molecule has 21 nitrogen and oxygen atoms in total. The first kappa shape index (κ1) is 75.5. The van der Waals surface area contributed by atoms with Gasteiger partial charge in [-0.25, -0.2) is 9.86 Å². The SMILES string of the molecule is CC.CC(=O)[C@@H](NC(=O)C(C(C)C)N(C)CCCC(=O)OCCNC(=O)CCCC(=O)ON1C(=O)CCC1=O)C(C)C.CCC(C)[C@H](CC)[C@@H](CC(=O)N1CCC[C@H]1[C@H](OC)[C@@H](C)C(C)=O)OC.O=C([C@@H]1C[C@@H]1c1ccccc1)N1CCCCO1. The number of methoxy groups -OCH3 is 2. The summed E-state index contributed by atoms with van der Waals surface area (Å²) in [5.74, 6) is -1.37. The number of ketones is 2. The lowest BCUT2D eigenvalue weighted by Gasteiger charge is -2.35. The minimum atomic E-state index is -0.771. The molecule has 3 heterocycles. The van der Waals surface area contributed by atoms with Crippen LogP contribution in [0, 0.1) is 35.5 Å². The fourth-order valence-electron chi connectivity index (χ4n) is 11.2. The van der Waals surface area contributed by atoms with Gasteiger partial charge in [0.25, 0.3) is 11.8 Å². The average molecular weight is 1200 g/mol. The molecule has 2 N–H and O–H groups in total. The predicted molar refractivity (Wildman–Crippen MR) is 323 cm³/mol. The summed E-state index contributed by atoms with van der Waals surface area (Å²) in [6.07, 6.45) is 7.81. The maximum atomic E-state index is 13.1. The number of amides is 6. The maximum absolute atomic E-state index is 13.1. The van der Waals surface area contributed by atoms with Crippen LogP contribution >= 0.6 is 0 Å². The molecule has 0 aromatic heterocycles. The Hall–Kier alpha value is -5.64. The minimum absolute atomic E-state index is 0.00949. The summed E-state index contributed by atoms with van der Waals surface area (Å²) < 4.78 is 16.5. The van der Waals surface area contributed by atoms with E-state index < -0.39 is 35.8 Å². The number of likely N-dealkylation sites (N-methyl/N-ethyl adjacent to an activating group) is 1. The molecule has 21 heteroatoms. The van der Waals surface area contributed by atoms with Crippen LogP contribution in [0.2, 0.25) is 0 Å². The average Bonchev–Trinajstić information content (AvgIpc) is 2.99. The van der Waals surface area contributed by atoms with E-state index in [0.717, 1.165) is 58.0 Å². The van der Waals surface area contributed by atoms with E-state index in [2.05, 4.69) is 43.5 Å². The summed E-state index contributed by atoms with van der Waals surface area (Å²) >= 11 is 0. The van der Waals surface area contributed by atoms with Crippen LogP contribution < -0.4 is 10.6 Å². The van der Waals surface area contributed by atoms with Crippen LogP contribution in [0.1, 0.15) is 191 Å². The number of Topliss-reactive ketones (excluding diaryl/α,β-unsaturated/α-hetero) is 2. The molecule has 4 aliphatic rings. The van der Waals surface area contributed by atoms with Crippen LogP contribution in [-0.2, 0) is 71.8 Å². The standard InChI is InChI=1S/C27H44N4O9.C21H39NO4.C14H17NO2.C2H6/c1-17(2)25(19(5)32)29-27(38)26(18(3)4)30(6)15-8-11-23(36)39-16-14-28-20(33)9-7-10-24(37)40-31-21(34)12-13-22(31)35;1-8-14(3)17(9-2)19(25-6)13-20(24)22-12-10-11-18(22)21(26-7)15(4)16(5)23;16-14(15-8-4-5-9-17-15)13-10-12(13)11-6-2-1-3-7-11;1-2/h17-18,25-26H,7-16H2,1-6H3,(H,28,33)(H,29,38);14-15,17-19,21H,8-13H2,1-7H3;1-3,6-7,12-13H,4-5,8-10H2;1-2H3/t25-,26?;14?,15-,17-,18-,19+,21+;12-,13-;/m001./s1. The molecule has 10 atom stereocenters. The first-order chi connectivity index (χ1) is 40.4. The molecule has 6 amide bonds. The molecule has 0 bridgehead atoms. The Morgan fingerprint density at radius 2 is 1.42 bits per heavy atom. The Kier molecular flexibility index (Phi) is 35.5. The Balaban J connectivity index is 0.000000465. The number of hydrogen-bond acceptors (Lipinski definition) is 16. The number of hydrogen-bond donors (Lipinski definition) is 2. The molecule has 1 aromatic rings. The first-order valence-corrected chi connectivity index (χ1v) is 31.3. The minimum Gasteiger partial charge on any atom is -0.464 e. The van der Waals surface area contributed by atoms with Crippen molar-refractivity contribution in [1.29, 1.82) is 0 Å². The van der Waals surface area contributed by atoms with Gasteiger partial charge in [-0.15, -0.1) is 5.06 Å². The number of likely N-dealkylation sites (tertiary alicyclic amines) is 1. The summed E-state index contributed by atoms with van der Waals surface area (Å²) in [5.41, 5.74) is 1.28. The van der Waals surface area contributed by atoms with Crippen molar-refractivity contribution < 1.29 is 71.8 Å². The molecule has 2 unspecified atom stereocenters. The van der Waals surface area contributed by atoms with Crippen LogP contribution in [0.3, 0.4) is 0 Å². The van der Waals surface area contributed by atoms with Gasteiger partial charge >= 0.3 is 11.9 Å². The third-order valence-corrected chi connectivity index (χ3v) is 16.3. The van der Waals surface area contributed by atoms with Crippen molar-refractivity contribution in [2.24, 2.45) is 35.5 Å². The van der Waals surface area contributed by atoms with Crippen molar-refractivity contribution in [1.82, 2.24) is 30.6 Å². The molecule has 0 spiro atoms. The van der Waals surface area contributed by atoms with Gasteiger partial charge in [0, 0.05) is 71.2 Å². The molecular formula is C64H106N6O15. The Labute approximate surface area is 507 Å². The molecule has 1 aromatic carbocycles. The third-order valence-electron chi connectivity index (χ3n) is 16.3. The van der Waals surface area contributed by atoms with Crippen LogP contribution in [0.15, 0.2) is 30.3 Å². The van der Waals surface area contributed by atoms with Gasteiger partial charge in [0.2, 0.25) is 23.6 Å². The van der Waals surface area contributed by atoms with E-state index in [1.54, 1.807) is 33.3 Å². The van der Waals surface area contributed by atoms with Crippen molar-refractivity contribution >= 4 is 58.9 Å². The number of nitrogens with zero attached hydrogens (tertiary/aromatic N) is 4. The fourth-order valence-corrected chi connectivity index (χ4v) is 11.2. The third kappa shape index (κ3) is 25.3. The van der Waals surface area contributed by atoms with Crippen LogP contribution in [0.4, 0.5) is 0 Å². The smallest absolute Gasteiger partial charge is 0.333 e. The van der Waals surface area contributed by atoms with Crippen molar-refractivity contribution in [3.63, 3.8) is 0 Å². The van der Waals surface area contributed by atoms with Gasteiger partial charge in [0.1, 0.15) is 12.4 Å². The zero-order valence-corrected chi connectivity index (χ0v) is 54.1. The first-order valence-electron chi connectivity index (χ1n) is 31.3. The lowest BCUT2D eigenvalue weighted by molar-refractivity contribution is -0.198. The largest absolute Gasteiger partial charge is 0.464 e. The molecule has 3 saturated heterocycles. The van der Waals surface area contributed by atoms with E-state index in [4.69, 9.17) is 23.9 Å². The van der Waals surface area contributed by atoms with Crippen molar-refractivity contribution in [3.8, 4) is 0 Å². The highest BCUT2D eigenvalue weighted by Gasteiger charge is 2.46. The second kappa shape index (κ2) is 39.9. The van der Waals surface area contributed by atoms with Gasteiger partial charge in [-0.05, 0) is 108 Å². The number of nitrogens with one attached hydrogen (secondary N) is 2. The Bertz CT molecular complexity index is 2240. The van der Waals surface area contributed by atoms with E-state index in [0.29, 0.717) is 48.8 Å².